The molecule has 0 saturated heterocycles. The lowest BCUT2D eigenvalue weighted by atomic mass is 10.1. The smallest absolute Gasteiger partial charge is 0.344 e. The highest BCUT2D eigenvalue weighted by Gasteiger charge is 2.33. The van der Waals surface area contributed by atoms with Crippen molar-refractivity contribution in [2.45, 2.75) is 20.8 Å². The first-order valence-corrected chi connectivity index (χ1v) is 9.37. The Hall–Kier alpha value is -2.86. The molecule has 0 spiro atoms. The zero-order chi connectivity index (χ0) is 19.4. The number of hydrogen-bond acceptors (Lipinski definition) is 6. The molecule has 1 aromatic carbocycles. The Morgan fingerprint density at radius 3 is 2.67 bits per heavy atom. The fourth-order valence-corrected chi connectivity index (χ4v) is 3.77. The third-order valence-electron chi connectivity index (χ3n) is 3.79. The minimum atomic E-state index is -0.583. The highest BCUT2D eigenvalue weighted by atomic mass is 32.2. The summed E-state index contributed by atoms with van der Waals surface area (Å²) in [6, 6.07) is 9.60. The number of aliphatic hydroxyl groups excluding tert-OH is 1. The van der Waals surface area contributed by atoms with Crippen LogP contribution in [0.15, 0.2) is 64.0 Å². The van der Waals surface area contributed by atoms with Gasteiger partial charge in [-0.1, -0.05) is 23.9 Å². The zero-order valence-electron chi connectivity index (χ0n) is 15.4. The number of aromatic nitrogens is 1. The maximum absolute atomic E-state index is 12.4. The van der Waals surface area contributed by atoms with Crippen LogP contribution in [-0.2, 0) is 9.53 Å². The van der Waals surface area contributed by atoms with Gasteiger partial charge in [-0.05, 0) is 61.7 Å². The maximum Gasteiger partial charge on any atom is 0.344 e. The molecule has 0 amide bonds. The number of thioether (sulfide) groups is 1. The fraction of sp³-hybridized carbons (Fsp3) is 0.190. The molecule has 5 nitrogen and oxygen atoms in total. The van der Waals surface area contributed by atoms with E-state index in [2.05, 4.69) is 16.0 Å². The molecule has 0 bridgehead atoms. The molecule has 0 saturated carbocycles. The Kier molecular flexibility index (Phi) is 5.76. The van der Waals surface area contributed by atoms with Crippen molar-refractivity contribution in [3.8, 4) is 0 Å². The minimum Gasteiger partial charge on any atom is -0.506 e. The fourth-order valence-electron chi connectivity index (χ4n) is 2.74. The average molecular weight is 380 g/mol. The number of benzene rings is 1. The van der Waals surface area contributed by atoms with Crippen molar-refractivity contribution in [3.05, 3.63) is 75.7 Å². The predicted octanol–water partition coefficient (Wildman–Crippen LogP) is 4.89. The van der Waals surface area contributed by atoms with Gasteiger partial charge in [-0.2, -0.15) is 0 Å². The molecule has 2 heterocycles. The third-order valence-corrected chi connectivity index (χ3v) is 4.81. The Morgan fingerprint density at radius 2 is 2.04 bits per heavy atom. The second kappa shape index (κ2) is 8.22. The van der Waals surface area contributed by atoms with Gasteiger partial charge in [0.15, 0.2) is 0 Å². The molecule has 138 valence electrons. The molecule has 0 fully saturated rings. The van der Waals surface area contributed by atoms with Crippen LogP contribution in [0.3, 0.4) is 0 Å². The van der Waals surface area contributed by atoms with Gasteiger partial charge in [-0.25, -0.2) is 9.79 Å². The largest absolute Gasteiger partial charge is 0.506 e. The lowest BCUT2D eigenvalue weighted by molar-refractivity contribution is -0.138. The first-order valence-electron chi connectivity index (χ1n) is 8.55. The summed E-state index contributed by atoms with van der Waals surface area (Å²) in [6.45, 7) is 5.93. The van der Waals surface area contributed by atoms with Gasteiger partial charge in [0.2, 0.25) is 0 Å². The molecule has 0 unspecified atom stereocenters. The Labute approximate surface area is 162 Å². The number of nitrogens with zero attached hydrogens (tertiary/aromatic N) is 2. The molecule has 0 atom stereocenters. The van der Waals surface area contributed by atoms with E-state index in [4.69, 9.17) is 4.74 Å². The van der Waals surface area contributed by atoms with E-state index in [1.807, 2.05) is 38.1 Å². The molecule has 6 heteroatoms. The second-order valence-corrected chi connectivity index (χ2v) is 7.13. The van der Waals surface area contributed by atoms with Crippen molar-refractivity contribution in [3.63, 3.8) is 0 Å². The lowest BCUT2D eigenvalue weighted by Gasteiger charge is -2.05. The zero-order valence-corrected chi connectivity index (χ0v) is 16.2. The van der Waals surface area contributed by atoms with Gasteiger partial charge in [0.25, 0.3) is 0 Å². The number of carbonyl (C=O) groups is 1. The van der Waals surface area contributed by atoms with Crippen LogP contribution in [-0.4, -0.2) is 27.7 Å². The van der Waals surface area contributed by atoms with Gasteiger partial charge in [0.1, 0.15) is 16.4 Å². The number of aliphatic hydroxyl groups is 1. The van der Waals surface area contributed by atoms with Crippen LogP contribution in [0.25, 0.3) is 6.08 Å². The summed E-state index contributed by atoms with van der Waals surface area (Å²) >= 11 is 1.24. The minimum absolute atomic E-state index is 0.0937. The van der Waals surface area contributed by atoms with E-state index in [0.29, 0.717) is 9.95 Å². The van der Waals surface area contributed by atoms with E-state index in [-0.39, 0.29) is 17.9 Å². The van der Waals surface area contributed by atoms with Gasteiger partial charge in [0.05, 0.1) is 17.2 Å². The summed E-state index contributed by atoms with van der Waals surface area (Å²) < 4.78 is 5.12. The molecular formula is C21H20N2O3S. The van der Waals surface area contributed by atoms with Gasteiger partial charge < -0.3 is 9.84 Å². The van der Waals surface area contributed by atoms with E-state index in [9.17, 15) is 9.90 Å². The molecule has 27 heavy (non-hydrogen) atoms. The number of hydrogen-bond donors (Lipinski definition) is 1. The number of carbonyl (C=O) groups excluding carboxylic acids is 1. The van der Waals surface area contributed by atoms with Gasteiger partial charge in [0, 0.05) is 12.4 Å². The van der Waals surface area contributed by atoms with E-state index in [1.54, 1.807) is 25.4 Å². The van der Waals surface area contributed by atoms with Crippen LogP contribution >= 0.6 is 11.8 Å². The van der Waals surface area contributed by atoms with Gasteiger partial charge >= 0.3 is 5.97 Å². The van der Waals surface area contributed by atoms with Gasteiger partial charge in [-0.15, -0.1) is 0 Å². The number of aliphatic imine (C=N–C) groups is 1. The van der Waals surface area contributed by atoms with Crippen LogP contribution in [0.5, 0.6) is 0 Å². The van der Waals surface area contributed by atoms with E-state index in [0.717, 1.165) is 22.4 Å². The first kappa shape index (κ1) is 18.9. The SMILES string of the molecule is CCOC(=O)C1=C(O)/C(=C\c2cccnc2)SC1=Nc1cc(C)cc(C)c1. The van der Waals surface area contributed by atoms with Crippen molar-refractivity contribution < 1.29 is 14.6 Å². The van der Waals surface area contributed by atoms with Crippen LogP contribution in [0.4, 0.5) is 5.69 Å². The lowest BCUT2D eigenvalue weighted by Crippen LogP contribution is -2.12. The molecule has 1 N–H and O–H groups in total. The topological polar surface area (TPSA) is 71.8 Å². The monoisotopic (exact) mass is 380 g/mol. The van der Waals surface area contributed by atoms with Crippen molar-refractivity contribution in [2.24, 2.45) is 4.99 Å². The highest BCUT2D eigenvalue weighted by molar-refractivity contribution is 8.18. The number of esters is 1. The van der Waals surface area contributed by atoms with E-state index in [1.165, 1.54) is 11.8 Å². The summed E-state index contributed by atoms with van der Waals surface area (Å²) in [5.74, 6) is -0.703. The molecule has 0 radical (unpaired) electrons. The third kappa shape index (κ3) is 4.46. The van der Waals surface area contributed by atoms with Crippen molar-refractivity contribution in [1.29, 1.82) is 0 Å². The quantitative estimate of drug-likeness (QED) is 0.765. The Bertz CT molecular complexity index is 942. The molecule has 2 aromatic rings. The molecule has 1 aromatic heterocycles. The summed E-state index contributed by atoms with van der Waals surface area (Å²) in [5, 5.41) is 11.1. The highest BCUT2D eigenvalue weighted by Crippen LogP contribution is 2.40. The van der Waals surface area contributed by atoms with Crippen LogP contribution in [0.2, 0.25) is 0 Å². The van der Waals surface area contributed by atoms with E-state index < -0.39 is 5.97 Å². The standard InChI is InChI=1S/C21H20N2O3S/c1-4-26-21(25)18-19(24)17(11-15-6-5-7-22-12-15)27-20(18)23-16-9-13(2)8-14(3)10-16/h5-12,24H,4H2,1-3H3/b17-11+,23-20?. The average Bonchev–Trinajstić information content (AvgIpc) is 2.90. The molecule has 1 aliphatic heterocycles. The maximum atomic E-state index is 12.4. The Balaban J connectivity index is 2.06. The first-order chi connectivity index (χ1) is 13.0. The number of rotatable bonds is 4. The predicted molar refractivity (Wildman–Crippen MR) is 109 cm³/mol. The number of pyridine rings is 1. The van der Waals surface area contributed by atoms with Crippen molar-refractivity contribution >= 4 is 34.5 Å². The summed E-state index contributed by atoms with van der Waals surface area (Å²) in [5.41, 5.74) is 3.80. The van der Waals surface area contributed by atoms with Gasteiger partial charge in [-0.3, -0.25) is 4.98 Å². The summed E-state index contributed by atoms with van der Waals surface area (Å²) in [4.78, 5) is 21.6. The molecule has 3 rings (SSSR count). The molecule has 1 aliphatic rings. The van der Waals surface area contributed by atoms with Crippen molar-refractivity contribution in [2.75, 3.05) is 6.61 Å². The van der Waals surface area contributed by atoms with Crippen LogP contribution in [0.1, 0.15) is 23.6 Å². The van der Waals surface area contributed by atoms with Crippen LogP contribution < -0.4 is 0 Å². The molecular weight excluding hydrogens is 360 g/mol. The summed E-state index contributed by atoms with van der Waals surface area (Å²) in [7, 11) is 0. The van der Waals surface area contributed by atoms with Crippen molar-refractivity contribution in [1.82, 2.24) is 4.98 Å². The number of aryl methyl sites for hydroxylation is 2. The number of ether oxygens (including phenoxy) is 1. The van der Waals surface area contributed by atoms with E-state index >= 15 is 0 Å². The summed E-state index contributed by atoms with van der Waals surface area (Å²) in [6.07, 6.45) is 5.14. The normalized spacial score (nSPS) is 17.0. The second-order valence-electron chi connectivity index (χ2n) is 6.10. The van der Waals surface area contributed by atoms with Crippen LogP contribution in [0, 0.1) is 13.8 Å². The Morgan fingerprint density at radius 1 is 1.30 bits per heavy atom. The molecule has 0 aliphatic carbocycles.